The maximum absolute atomic E-state index is 10.5. The summed E-state index contributed by atoms with van der Waals surface area (Å²) in [5.74, 6) is 0.0370. The van der Waals surface area contributed by atoms with E-state index in [2.05, 4.69) is 10.3 Å². The first-order valence-electron chi connectivity index (χ1n) is 4.66. The highest BCUT2D eigenvalue weighted by Gasteiger charge is 2.09. The molecule has 0 unspecified atom stereocenters. The number of carbonyl (C=O) groups is 1. The lowest BCUT2D eigenvalue weighted by molar-refractivity contribution is 0.0690. The monoisotopic (exact) mass is 222 g/mol. The summed E-state index contributed by atoms with van der Waals surface area (Å²) in [7, 11) is 0. The van der Waals surface area contributed by atoms with Crippen molar-refractivity contribution < 1.29 is 18.7 Å². The Morgan fingerprint density at radius 3 is 2.94 bits per heavy atom. The smallest absolute Gasteiger partial charge is 0.357 e. The van der Waals surface area contributed by atoms with E-state index in [1.165, 1.54) is 0 Å². The number of oxazole rings is 1. The van der Waals surface area contributed by atoms with E-state index in [9.17, 15) is 4.79 Å². The molecule has 0 aromatic carbocycles. The van der Waals surface area contributed by atoms with E-state index in [1.54, 1.807) is 12.3 Å². The van der Waals surface area contributed by atoms with E-state index in [4.69, 9.17) is 13.9 Å². The van der Waals surface area contributed by atoms with Crippen molar-refractivity contribution in [3.8, 4) is 0 Å². The van der Waals surface area contributed by atoms with Gasteiger partial charge in [-0.1, -0.05) is 0 Å². The summed E-state index contributed by atoms with van der Waals surface area (Å²) in [6.07, 6.45) is 2.71. The van der Waals surface area contributed by atoms with Crippen molar-refractivity contribution in [2.75, 3.05) is 0 Å². The predicted molar refractivity (Wildman–Crippen MR) is 52.7 cm³/mol. The first-order valence-corrected chi connectivity index (χ1v) is 4.66. The normalized spacial score (nSPS) is 10.5. The predicted octanol–water partition coefficient (Wildman–Crippen LogP) is 1.26. The molecule has 0 saturated heterocycles. The van der Waals surface area contributed by atoms with E-state index in [0.717, 1.165) is 12.0 Å². The Kier molecular flexibility index (Phi) is 3.02. The number of aromatic nitrogens is 1. The molecule has 6 heteroatoms. The van der Waals surface area contributed by atoms with Crippen molar-refractivity contribution in [2.45, 2.75) is 13.1 Å². The number of rotatable bonds is 5. The van der Waals surface area contributed by atoms with Crippen molar-refractivity contribution in [2.24, 2.45) is 0 Å². The van der Waals surface area contributed by atoms with Gasteiger partial charge in [-0.15, -0.1) is 0 Å². The standard InChI is InChI=1S/C10H10N2O4/c13-10(14)8-6-16-9(12-8)5-11-4-7-2-1-3-15-7/h1-3,6,11H,4-5H2,(H,13,14). The van der Waals surface area contributed by atoms with Crippen LogP contribution in [0.2, 0.25) is 0 Å². The summed E-state index contributed by atoms with van der Waals surface area (Å²) in [5, 5.41) is 11.6. The molecular formula is C10H10N2O4. The molecule has 0 amide bonds. The Morgan fingerprint density at radius 1 is 1.44 bits per heavy atom. The summed E-state index contributed by atoms with van der Waals surface area (Å²) in [5.41, 5.74) is -0.0881. The number of carboxylic acid groups (broad SMARTS) is 1. The molecule has 2 aromatic rings. The molecule has 0 fully saturated rings. The fourth-order valence-corrected chi connectivity index (χ4v) is 1.20. The van der Waals surface area contributed by atoms with Gasteiger partial charge in [0.25, 0.3) is 0 Å². The number of carboxylic acids is 1. The van der Waals surface area contributed by atoms with Gasteiger partial charge in [0.05, 0.1) is 19.4 Å². The van der Waals surface area contributed by atoms with Crippen molar-refractivity contribution in [1.29, 1.82) is 0 Å². The lowest BCUT2D eigenvalue weighted by Crippen LogP contribution is -2.12. The van der Waals surface area contributed by atoms with Crippen LogP contribution in [0.15, 0.2) is 33.5 Å². The van der Waals surface area contributed by atoms with Crippen molar-refractivity contribution in [1.82, 2.24) is 10.3 Å². The molecule has 0 bridgehead atoms. The lowest BCUT2D eigenvalue weighted by Gasteiger charge is -1.97. The average Bonchev–Trinajstić information content (AvgIpc) is 2.87. The molecule has 0 atom stereocenters. The number of nitrogens with one attached hydrogen (secondary N) is 1. The minimum atomic E-state index is -1.10. The Bertz CT molecular complexity index is 461. The Hall–Kier alpha value is -2.08. The van der Waals surface area contributed by atoms with Gasteiger partial charge in [-0.05, 0) is 12.1 Å². The molecule has 0 aliphatic rings. The van der Waals surface area contributed by atoms with E-state index in [1.807, 2.05) is 6.07 Å². The highest BCUT2D eigenvalue weighted by Crippen LogP contribution is 2.03. The van der Waals surface area contributed by atoms with Crippen LogP contribution >= 0.6 is 0 Å². The molecule has 0 spiro atoms. The largest absolute Gasteiger partial charge is 0.476 e. The van der Waals surface area contributed by atoms with Crippen LogP contribution in [-0.4, -0.2) is 16.1 Å². The molecule has 0 aliphatic carbocycles. The summed E-state index contributed by atoms with van der Waals surface area (Å²) < 4.78 is 10.1. The summed E-state index contributed by atoms with van der Waals surface area (Å²) in [6, 6.07) is 3.63. The fraction of sp³-hybridized carbons (Fsp3) is 0.200. The van der Waals surface area contributed by atoms with Crippen LogP contribution in [0.5, 0.6) is 0 Å². The lowest BCUT2D eigenvalue weighted by atomic mass is 10.4. The number of hydrogen-bond acceptors (Lipinski definition) is 5. The van der Waals surface area contributed by atoms with Crippen LogP contribution in [0, 0.1) is 0 Å². The van der Waals surface area contributed by atoms with E-state index in [0.29, 0.717) is 19.0 Å². The van der Waals surface area contributed by atoms with Gasteiger partial charge in [0.1, 0.15) is 12.0 Å². The zero-order valence-corrected chi connectivity index (χ0v) is 8.34. The second-order valence-corrected chi connectivity index (χ2v) is 3.11. The molecule has 6 nitrogen and oxygen atoms in total. The third-order valence-corrected chi connectivity index (χ3v) is 1.93. The van der Waals surface area contributed by atoms with E-state index < -0.39 is 5.97 Å². The van der Waals surface area contributed by atoms with Crippen molar-refractivity contribution in [3.63, 3.8) is 0 Å². The van der Waals surface area contributed by atoms with Crippen molar-refractivity contribution >= 4 is 5.97 Å². The van der Waals surface area contributed by atoms with Crippen LogP contribution in [0.3, 0.4) is 0 Å². The minimum Gasteiger partial charge on any atom is -0.476 e. The summed E-state index contributed by atoms with van der Waals surface area (Å²) in [4.78, 5) is 14.3. The number of furan rings is 1. The van der Waals surface area contributed by atoms with Crippen LogP contribution in [0.25, 0.3) is 0 Å². The molecule has 84 valence electrons. The molecule has 16 heavy (non-hydrogen) atoms. The molecule has 0 radical (unpaired) electrons. The van der Waals surface area contributed by atoms with E-state index >= 15 is 0 Å². The molecule has 2 heterocycles. The Morgan fingerprint density at radius 2 is 2.31 bits per heavy atom. The van der Waals surface area contributed by atoms with Gasteiger partial charge in [-0.25, -0.2) is 9.78 Å². The van der Waals surface area contributed by atoms with Gasteiger partial charge in [0.15, 0.2) is 5.69 Å². The fourth-order valence-electron chi connectivity index (χ4n) is 1.20. The number of hydrogen-bond donors (Lipinski definition) is 2. The van der Waals surface area contributed by atoms with Gasteiger partial charge < -0.3 is 19.3 Å². The molecule has 0 aliphatic heterocycles. The molecule has 2 rings (SSSR count). The molecular weight excluding hydrogens is 212 g/mol. The number of nitrogens with zero attached hydrogens (tertiary/aromatic N) is 1. The van der Waals surface area contributed by atoms with Gasteiger partial charge in [-0.2, -0.15) is 0 Å². The maximum atomic E-state index is 10.5. The van der Waals surface area contributed by atoms with Gasteiger partial charge >= 0.3 is 5.97 Å². The van der Waals surface area contributed by atoms with E-state index in [-0.39, 0.29) is 5.69 Å². The zero-order chi connectivity index (χ0) is 11.4. The van der Waals surface area contributed by atoms with Crippen LogP contribution in [0.1, 0.15) is 22.1 Å². The second kappa shape index (κ2) is 4.63. The van der Waals surface area contributed by atoms with Gasteiger partial charge in [0, 0.05) is 0 Å². The topological polar surface area (TPSA) is 88.5 Å². The molecule has 2 N–H and O–H groups in total. The number of aromatic carboxylic acids is 1. The summed E-state index contributed by atoms with van der Waals surface area (Å²) in [6.45, 7) is 0.895. The second-order valence-electron chi connectivity index (χ2n) is 3.11. The van der Waals surface area contributed by atoms with Crippen LogP contribution in [-0.2, 0) is 13.1 Å². The highest BCUT2D eigenvalue weighted by molar-refractivity contribution is 5.84. The third-order valence-electron chi connectivity index (χ3n) is 1.93. The Labute approximate surface area is 90.9 Å². The summed E-state index contributed by atoms with van der Waals surface area (Å²) >= 11 is 0. The van der Waals surface area contributed by atoms with Crippen LogP contribution < -0.4 is 5.32 Å². The van der Waals surface area contributed by atoms with Gasteiger partial charge in [0.2, 0.25) is 5.89 Å². The van der Waals surface area contributed by atoms with Crippen molar-refractivity contribution in [3.05, 3.63) is 42.0 Å². The quantitative estimate of drug-likeness (QED) is 0.791. The molecule has 2 aromatic heterocycles. The minimum absolute atomic E-state index is 0.0881. The SMILES string of the molecule is O=C(O)c1coc(CNCc2ccco2)n1. The third kappa shape index (κ3) is 2.48. The van der Waals surface area contributed by atoms with Gasteiger partial charge in [-0.3, -0.25) is 0 Å². The molecule has 0 saturated carbocycles. The zero-order valence-electron chi connectivity index (χ0n) is 8.34. The Balaban J connectivity index is 1.83. The first-order chi connectivity index (χ1) is 7.75. The highest BCUT2D eigenvalue weighted by atomic mass is 16.4. The van der Waals surface area contributed by atoms with Crippen LogP contribution in [0.4, 0.5) is 0 Å². The average molecular weight is 222 g/mol. The maximum Gasteiger partial charge on any atom is 0.357 e. The first kappa shape index (κ1) is 10.4.